The molecule has 0 aromatic carbocycles. The number of hydrogen-bond donors (Lipinski definition) is 0. The van der Waals surface area contributed by atoms with E-state index in [1.807, 2.05) is 19.1 Å². The maximum atomic E-state index is 10.4. The van der Waals surface area contributed by atoms with Crippen molar-refractivity contribution in [1.29, 1.82) is 0 Å². The third-order valence-electron chi connectivity index (χ3n) is 2.17. The lowest BCUT2D eigenvalue weighted by Crippen LogP contribution is -1.90. The largest absolute Gasteiger partial charge is 0.287 e. The van der Waals surface area contributed by atoms with Gasteiger partial charge in [-0.25, -0.2) is 4.98 Å². The van der Waals surface area contributed by atoms with Crippen LogP contribution >= 0.6 is 0 Å². The Hall–Kier alpha value is -2.30. The number of nitro groups is 1. The summed E-state index contributed by atoms with van der Waals surface area (Å²) in [4.78, 5) is 18.1. The molecule has 0 spiro atoms. The molecule has 0 saturated heterocycles. The van der Waals surface area contributed by atoms with Gasteiger partial charge in [0.15, 0.2) is 0 Å². The second-order valence-corrected chi connectivity index (χ2v) is 3.35. The van der Waals surface area contributed by atoms with Crippen LogP contribution in [0.2, 0.25) is 0 Å². The standard InChI is InChI=1S/C11H9N3O2/c1-8-2-3-9(6-12-8)11-5-4-10(7-13-11)14(15)16/h2-7H,1H3. The van der Waals surface area contributed by atoms with Gasteiger partial charge in [-0.3, -0.25) is 15.1 Å². The average Bonchev–Trinajstić information content (AvgIpc) is 2.30. The van der Waals surface area contributed by atoms with E-state index < -0.39 is 4.92 Å². The third-order valence-corrected chi connectivity index (χ3v) is 2.17. The van der Waals surface area contributed by atoms with Crippen molar-refractivity contribution in [1.82, 2.24) is 9.97 Å². The first-order valence-electron chi connectivity index (χ1n) is 4.70. The first kappa shape index (κ1) is 10.2. The predicted octanol–water partition coefficient (Wildman–Crippen LogP) is 2.36. The molecule has 0 aliphatic heterocycles. The molecule has 0 amide bonds. The number of hydrogen-bond acceptors (Lipinski definition) is 4. The molecule has 2 aromatic rings. The summed E-state index contributed by atoms with van der Waals surface area (Å²) in [7, 11) is 0. The Labute approximate surface area is 91.9 Å². The SMILES string of the molecule is Cc1ccc(-c2ccc([N+](=O)[O-])cn2)cn1. The molecule has 2 heterocycles. The minimum Gasteiger partial charge on any atom is -0.261 e. The van der Waals surface area contributed by atoms with Crippen LogP contribution in [0.5, 0.6) is 0 Å². The molecule has 0 aliphatic carbocycles. The monoisotopic (exact) mass is 215 g/mol. The summed E-state index contributed by atoms with van der Waals surface area (Å²) < 4.78 is 0. The first-order valence-corrected chi connectivity index (χ1v) is 4.70. The summed E-state index contributed by atoms with van der Waals surface area (Å²) in [6.07, 6.45) is 2.94. The molecule has 0 aliphatic rings. The van der Waals surface area contributed by atoms with Gasteiger partial charge in [-0.15, -0.1) is 0 Å². The summed E-state index contributed by atoms with van der Waals surface area (Å²) in [5.41, 5.74) is 2.44. The Bertz CT molecular complexity index is 506. The van der Waals surface area contributed by atoms with E-state index in [0.717, 1.165) is 11.3 Å². The zero-order valence-corrected chi connectivity index (χ0v) is 8.62. The molecule has 5 nitrogen and oxygen atoms in total. The summed E-state index contributed by atoms with van der Waals surface area (Å²) in [5, 5.41) is 10.4. The molecule has 0 unspecified atom stereocenters. The Morgan fingerprint density at radius 2 is 1.94 bits per heavy atom. The van der Waals surface area contributed by atoms with Crippen LogP contribution in [0, 0.1) is 17.0 Å². The highest BCUT2D eigenvalue weighted by Crippen LogP contribution is 2.18. The molecule has 2 aromatic heterocycles. The van der Waals surface area contributed by atoms with Crippen molar-refractivity contribution in [3.05, 3.63) is 52.5 Å². The fourth-order valence-electron chi connectivity index (χ4n) is 1.28. The Morgan fingerprint density at radius 3 is 2.44 bits per heavy atom. The van der Waals surface area contributed by atoms with Gasteiger partial charge in [0, 0.05) is 23.5 Å². The van der Waals surface area contributed by atoms with Crippen molar-refractivity contribution < 1.29 is 4.92 Å². The highest BCUT2D eigenvalue weighted by molar-refractivity contribution is 5.58. The lowest BCUT2D eigenvalue weighted by atomic mass is 10.2. The second-order valence-electron chi connectivity index (χ2n) is 3.35. The molecule has 0 fully saturated rings. The molecular weight excluding hydrogens is 206 g/mol. The van der Waals surface area contributed by atoms with Crippen LogP contribution in [0.15, 0.2) is 36.7 Å². The zero-order chi connectivity index (χ0) is 11.5. The number of rotatable bonds is 2. The quantitative estimate of drug-likeness (QED) is 0.569. The van der Waals surface area contributed by atoms with Crippen molar-refractivity contribution in [2.24, 2.45) is 0 Å². The van der Waals surface area contributed by atoms with Gasteiger partial charge in [0.05, 0.1) is 10.6 Å². The molecule has 80 valence electrons. The van der Waals surface area contributed by atoms with Gasteiger partial charge < -0.3 is 0 Å². The number of aryl methyl sites for hydroxylation is 1. The highest BCUT2D eigenvalue weighted by atomic mass is 16.6. The summed E-state index contributed by atoms with van der Waals surface area (Å²) in [6, 6.07) is 6.81. The smallest absolute Gasteiger partial charge is 0.261 e. The predicted molar refractivity (Wildman–Crippen MR) is 58.9 cm³/mol. The van der Waals surface area contributed by atoms with Crippen molar-refractivity contribution in [2.45, 2.75) is 6.92 Å². The summed E-state index contributed by atoms with van der Waals surface area (Å²) >= 11 is 0. The second kappa shape index (κ2) is 4.06. The van der Waals surface area contributed by atoms with E-state index in [1.54, 1.807) is 12.3 Å². The zero-order valence-electron chi connectivity index (χ0n) is 8.62. The molecule has 16 heavy (non-hydrogen) atoms. The summed E-state index contributed by atoms with van der Waals surface area (Å²) in [5.74, 6) is 0. The molecule has 0 radical (unpaired) electrons. The molecule has 0 N–H and O–H groups in total. The van der Waals surface area contributed by atoms with Crippen LogP contribution < -0.4 is 0 Å². The third kappa shape index (κ3) is 2.03. The normalized spacial score (nSPS) is 10.1. The van der Waals surface area contributed by atoms with E-state index in [2.05, 4.69) is 9.97 Å². The average molecular weight is 215 g/mol. The molecule has 5 heteroatoms. The van der Waals surface area contributed by atoms with Crippen molar-refractivity contribution in [3.8, 4) is 11.3 Å². The molecular formula is C11H9N3O2. The van der Waals surface area contributed by atoms with Gasteiger partial charge in [0.2, 0.25) is 0 Å². The van der Waals surface area contributed by atoms with E-state index >= 15 is 0 Å². The fourth-order valence-corrected chi connectivity index (χ4v) is 1.28. The van der Waals surface area contributed by atoms with Crippen molar-refractivity contribution in [3.63, 3.8) is 0 Å². The Kier molecular flexibility index (Phi) is 2.59. The first-order chi connectivity index (χ1) is 7.66. The van der Waals surface area contributed by atoms with Crippen molar-refractivity contribution in [2.75, 3.05) is 0 Å². The van der Waals surface area contributed by atoms with E-state index in [0.29, 0.717) is 5.69 Å². The number of nitrogens with zero attached hydrogens (tertiary/aromatic N) is 3. The van der Waals surface area contributed by atoms with E-state index in [9.17, 15) is 10.1 Å². The summed E-state index contributed by atoms with van der Waals surface area (Å²) in [6.45, 7) is 1.90. The van der Waals surface area contributed by atoms with Crippen LogP contribution in [0.3, 0.4) is 0 Å². The van der Waals surface area contributed by atoms with Gasteiger partial charge in [-0.1, -0.05) is 0 Å². The van der Waals surface area contributed by atoms with Crippen LogP contribution in [0.1, 0.15) is 5.69 Å². The highest BCUT2D eigenvalue weighted by Gasteiger charge is 2.06. The van der Waals surface area contributed by atoms with Crippen molar-refractivity contribution >= 4 is 5.69 Å². The molecule has 2 rings (SSSR count). The number of pyridine rings is 2. The number of aromatic nitrogens is 2. The Morgan fingerprint density at radius 1 is 1.12 bits per heavy atom. The lowest BCUT2D eigenvalue weighted by molar-refractivity contribution is -0.385. The molecule has 0 saturated carbocycles. The van der Waals surface area contributed by atoms with Gasteiger partial charge >= 0.3 is 0 Å². The van der Waals surface area contributed by atoms with E-state index in [-0.39, 0.29) is 5.69 Å². The van der Waals surface area contributed by atoms with Gasteiger partial charge in [0.25, 0.3) is 5.69 Å². The van der Waals surface area contributed by atoms with E-state index in [1.165, 1.54) is 12.3 Å². The van der Waals surface area contributed by atoms with Crippen LogP contribution in [0.4, 0.5) is 5.69 Å². The van der Waals surface area contributed by atoms with Gasteiger partial charge in [0.1, 0.15) is 6.20 Å². The Balaban J connectivity index is 2.34. The maximum absolute atomic E-state index is 10.4. The molecule has 0 bridgehead atoms. The minimum atomic E-state index is -0.468. The van der Waals surface area contributed by atoms with Gasteiger partial charge in [-0.05, 0) is 25.1 Å². The minimum absolute atomic E-state index is 0.0104. The van der Waals surface area contributed by atoms with Crippen LogP contribution in [-0.4, -0.2) is 14.9 Å². The molecule has 0 atom stereocenters. The topological polar surface area (TPSA) is 68.9 Å². The van der Waals surface area contributed by atoms with Crippen LogP contribution in [0.25, 0.3) is 11.3 Å². The van der Waals surface area contributed by atoms with Gasteiger partial charge in [-0.2, -0.15) is 0 Å². The van der Waals surface area contributed by atoms with Crippen LogP contribution in [-0.2, 0) is 0 Å². The van der Waals surface area contributed by atoms with E-state index in [4.69, 9.17) is 0 Å². The fraction of sp³-hybridized carbons (Fsp3) is 0.0909. The maximum Gasteiger partial charge on any atom is 0.287 e. The lowest BCUT2D eigenvalue weighted by Gasteiger charge is -1.99.